The third-order valence-corrected chi connectivity index (χ3v) is 2.39. The number of hydrogen-bond acceptors (Lipinski definition) is 3. The summed E-state index contributed by atoms with van der Waals surface area (Å²) in [4.78, 5) is 0. The number of benzene rings is 1. The molecule has 0 aliphatic carbocycles. The van der Waals surface area contributed by atoms with Gasteiger partial charge in [0.1, 0.15) is 6.04 Å². The van der Waals surface area contributed by atoms with Gasteiger partial charge in [-0.15, -0.1) is 0 Å². The molecule has 1 rings (SSSR count). The second-order valence-electron chi connectivity index (χ2n) is 3.63. The van der Waals surface area contributed by atoms with Crippen LogP contribution >= 0.6 is 0 Å². The van der Waals surface area contributed by atoms with Crippen LogP contribution < -0.4 is 5.32 Å². The average molecular weight is 218 g/mol. The van der Waals surface area contributed by atoms with Crippen molar-refractivity contribution in [3.63, 3.8) is 0 Å². The lowest BCUT2D eigenvalue weighted by atomic mass is 10.1. The first-order valence-electron chi connectivity index (χ1n) is 5.55. The maximum atomic E-state index is 8.67. The van der Waals surface area contributed by atoms with Gasteiger partial charge in [-0.25, -0.2) is 0 Å². The maximum Gasteiger partial charge on any atom is 0.119 e. The van der Waals surface area contributed by atoms with E-state index in [1.54, 1.807) is 7.05 Å². The van der Waals surface area contributed by atoms with Gasteiger partial charge in [-0.1, -0.05) is 30.3 Å². The van der Waals surface area contributed by atoms with E-state index in [2.05, 4.69) is 23.5 Å². The lowest BCUT2D eigenvalue weighted by molar-refractivity contribution is 0.123. The van der Waals surface area contributed by atoms with Crippen molar-refractivity contribution in [2.24, 2.45) is 0 Å². The number of hydrogen-bond donors (Lipinski definition) is 1. The van der Waals surface area contributed by atoms with Gasteiger partial charge >= 0.3 is 0 Å². The highest BCUT2D eigenvalue weighted by atomic mass is 16.5. The molecule has 0 heterocycles. The van der Waals surface area contributed by atoms with E-state index >= 15 is 0 Å². The smallest absolute Gasteiger partial charge is 0.119 e. The summed E-state index contributed by atoms with van der Waals surface area (Å²) in [6, 6.07) is 12.3. The van der Waals surface area contributed by atoms with Gasteiger partial charge in [-0.3, -0.25) is 0 Å². The first-order valence-corrected chi connectivity index (χ1v) is 5.55. The fourth-order valence-corrected chi connectivity index (χ4v) is 1.41. The molecule has 0 amide bonds. The van der Waals surface area contributed by atoms with Gasteiger partial charge < -0.3 is 10.1 Å². The first kappa shape index (κ1) is 12.7. The largest absolute Gasteiger partial charge is 0.379 e. The molecule has 1 aromatic carbocycles. The van der Waals surface area contributed by atoms with E-state index in [0.717, 1.165) is 12.8 Å². The molecule has 16 heavy (non-hydrogen) atoms. The summed E-state index contributed by atoms with van der Waals surface area (Å²) in [5.41, 5.74) is 1.33. The van der Waals surface area contributed by atoms with Crippen molar-refractivity contribution < 1.29 is 4.74 Å². The molecule has 1 unspecified atom stereocenters. The van der Waals surface area contributed by atoms with Gasteiger partial charge in [0.15, 0.2) is 0 Å². The van der Waals surface area contributed by atoms with Crippen LogP contribution in [0.3, 0.4) is 0 Å². The molecule has 86 valence electrons. The Morgan fingerprint density at radius 3 is 2.75 bits per heavy atom. The minimum atomic E-state index is -0.197. The highest BCUT2D eigenvalue weighted by Crippen LogP contribution is 2.02. The van der Waals surface area contributed by atoms with E-state index in [0.29, 0.717) is 13.2 Å². The Hall–Kier alpha value is -1.37. The molecule has 0 aliphatic heterocycles. The summed E-state index contributed by atoms with van der Waals surface area (Å²) >= 11 is 0. The maximum absolute atomic E-state index is 8.67. The van der Waals surface area contributed by atoms with Crippen molar-refractivity contribution in [1.29, 1.82) is 5.26 Å². The SMILES string of the molecule is CNC(C#N)COCCCc1ccccc1. The third kappa shape index (κ3) is 4.92. The van der Waals surface area contributed by atoms with Crippen LogP contribution in [0.2, 0.25) is 0 Å². The van der Waals surface area contributed by atoms with Gasteiger partial charge in [-0.05, 0) is 25.5 Å². The molecule has 1 aromatic rings. The Morgan fingerprint density at radius 1 is 1.38 bits per heavy atom. The Bertz CT molecular complexity index is 318. The second-order valence-corrected chi connectivity index (χ2v) is 3.63. The third-order valence-electron chi connectivity index (χ3n) is 2.39. The molecule has 0 saturated heterocycles. The Balaban J connectivity index is 2.07. The van der Waals surface area contributed by atoms with Crippen LogP contribution in [0.25, 0.3) is 0 Å². The standard InChI is InChI=1S/C13H18N2O/c1-15-13(10-14)11-16-9-5-8-12-6-3-2-4-7-12/h2-4,6-7,13,15H,5,8-9,11H2,1H3. The van der Waals surface area contributed by atoms with Gasteiger partial charge in [0.25, 0.3) is 0 Å². The molecule has 1 atom stereocenters. The molecule has 0 radical (unpaired) electrons. The summed E-state index contributed by atoms with van der Waals surface area (Å²) in [6.07, 6.45) is 2.02. The molecule has 3 nitrogen and oxygen atoms in total. The lowest BCUT2D eigenvalue weighted by Gasteiger charge is -2.08. The van der Waals surface area contributed by atoms with E-state index in [9.17, 15) is 0 Å². The minimum Gasteiger partial charge on any atom is -0.379 e. The number of nitrogens with one attached hydrogen (secondary N) is 1. The Morgan fingerprint density at radius 2 is 2.12 bits per heavy atom. The predicted octanol–water partition coefficient (Wildman–Crippen LogP) is 1.75. The van der Waals surface area contributed by atoms with E-state index in [1.165, 1.54) is 5.56 Å². The second kappa shape index (κ2) is 7.86. The van der Waals surface area contributed by atoms with Crippen molar-refractivity contribution >= 4 is 0 Å². The topological polar surface area (TPSA) is 45.0 Å². The van der Waals surface area contributed by atoms with Crippen LogP contribution in [0.4, 0.5) is 0 Å². The molecule has 0 saturated carbocycles. The monoisotopic (exact) mass is 218 g/mol. The predicted molar refractivity (Wildman–Crippen MR) is 64.0 cm³/mol. The van der Waals surface area contributed by atoms with Crippen molar-refractivity contribution in [3.8, 4) is 6.07 Å². The van der Waals surface area contributed by atoms with Gasteiger partial charge in [-0.2, -0.15) is 5.26 Å². The number of aryl methyl sites for hydroxylation is 1. The fraction of sp³-hybridized carbons (Fsp3) is 0.462. The van der Waals surface area contributed by atoms with Crippen LogP contribution in [0.5, 0.6) is 0 Å². The van der Waals surface area contributed by atoms with E-state index in [4.69, 9.17) is 10.00 Å². The molecule has 0 aliphatic rings. The Labute approximate surface area is 97.0 Å². The normalized spacial score (nSPS) is 12.0. The first-order chi connectivity index (χ1) is 7.86. The number of ether oxygens (including phenoxy) is 1. The zero-order chi connectivity index (χ0) is 11.6. The van der Waals surface area contributed by atoms with Crippen LogP contribution in [-0.4, -0.2) is 26.3 Å². The molecule has 1 N–H and O–H groups in total. The number of nitriles is 1. The molecule has 0 bridgehead atoms. The summed E-state index contributed by atoms with van der Waals surface area (Å²) in [5, 5.41) is 11.5. The lowest BCUT2D eigenvalue weighted by Crippen LogP contribution is -2.28. The van der Waals surface area contributed by atoms with E-state index in [1.807, 2.05) is 18.2 Å². The van der Waals surface area contributed by atoms with Gasteiger partial charge in [0.2, 0.25) is 0 Å². The van der Waals surface area contributed by atoms with Crippen LogP contribution in [0.15, 0.2) is 30.3 Å². The van der Waals surface area contributed by atoms with E-state index in [-0.39, 0.29) is 6.04 Å². The summed E-state index contributed by atoms with van der Waals surface area (Å²) in [5.74, 6) is 0. The van der Waals surface area contributed by atoms with Crippen molar-refractivity contribution in [3.05, 3.63) is 35.9 Å². The average Bonchev–Trinajstić information content (AvgIpc) is 2.35. The summed E-state index contributed by atoms with van der Waals surface area (Å²) in [7, 11) is 1.77. The summed E-state index contributed by atoms with van der Waals surface area (Å²) < 4.78 is 5.41. The fourth-order valence-electron chi connectivity index (χ4n) is 1.41. The van der Waals surface area contributed by atoms with Crippen LogP contribution in [0.1, 0.15) is 12.0 Å². The van der Waals surface area contributed by atoms with Crippen molar-refractivity contribution in [2.45, 2.75) is 18.9 Å². The van der Waals surface area contributed by atoms with Crippen molar-refractivity contribution in [1.82, 2.24) is 5.32 Å². The molecule has 0 aromatic heterocycles. The zero-order valence-corrected chi connectivity index (χ0v) is 9.65. The zero-order valence-electron chi connectivity index (χ0n) is 9.65. The van der Waals surface area contributed by atoms with Crippen LogP contribution in [0, 0.1) is 11.3 Å². The molecular formula is C13H18N2O. The van der Waals surface area contributed by atoms with Crippen molar-refractivity contribution in [2.75, 3.05) is 20.3 Å². The van der Waals surface area contributed by atoms with Gasteiger partial charge in [0, 0.05) is 6.61 Å². The highest BCUT2D eigenvalue weighted by molar-refractivity contribution is 5.14. The molecule has 0 fully saturated rings. The quantitative estimate of drug-likeness (QED) is 0.709. The van der Waals surface area contributed by atoms with Crippen LogP contribution in [-0.2, 0) is 11.2 Å². The molecule has 0 spiro atoms. The molecular weight excluding hydrogens is 200 g/mol. The number of nitrogens with zero attached hydrogens (tertiary/aromatic N) is 1. The number of rotatable bonds is 7. The number of likely N-dealkylation sites (N-methyl/N-ethyl adjacent to an activating group) is 1. The van der Waals surface area contributed by atoms with E-state index < -0.39 is 0 Å². The Kier molecular flexibility index (Phi) is 6.24. The molecule has 3 heteroatoms. The summed E-state index contributed by atoms with van der Waals surface area (Å²) in [6.45, 7) is 1.16. The minimum absolute atomic E-state index is 0.197. The van der Waals surface area contributed by atoms with Gasteiger partial charge in [0.05, 0.1) is 12.7 Å². The highest BCUT2D eigenvalue weighted by Gasteiger charge is 2.02.